The summed E-state index contributed by atoms with van der Waals surface area (Å²) >= 11 is 0. The first kappa shape index (κ1) is 21.9. The lowest BCUT2D eigenvalue weighted by Gasteiger charge is -2.31. The van der Waals surface area contributed by atoms with Gasteiger partial charge in [-0.05, 0) is 39.8 Å². The molecule has 0 aromatic heterocycles. The van der Waals surface area contributed by atoms with Crippen LogP contribution < -0.4 is 10.6 Å². The van der Waals surface area contributed by atoms with Crippen LogP contribution in [0.4, 0.5) is 0 Å². The Morgan fingerprint density at radius 3 is 2.62 bits per heavy atom. The molecule has 2 aliphatic rings. The van der Waals surface area contributed by atoms with Gasteiger partial charge in [-0.2, -0.15) is 0 Å². The number of rotatable bonds is 7. The molecule has 7 heteroatoms. The minimum atomic E-state index is 0. The van der Waals surface area contributed by atoms with Crippen LogP contribution in [0.1, 0.15) is 33.6 Å². The molecule has 0 aromatic rings. The molecule has 2 heterocycles. The van der Waals surface area contributed by atoms with Gasteiger partial charge in [0.15, 0.2) is 5.96 Å². The van der Waals surface area contributed by atoms with Crippen molar-refractivity contribution in [3.63, 3.8) is 0 Å². The Morgan fingerprint density at radius 1 is 1.21 bits per heavy atom. The van der Waals surface area contributed by atoms with Crippen LogP contribution in [0.25, 0.3) is 0 Å². The number of morpholine rings is 1. The highest BCUT2D eigenvalue weighted by Crippen LogP contribution is 2.15. The first-order chi connectivity index (χ1) is 11.2. The van der Waals surface area contributed by atoms with Crippen LogP contribution >= 0.6 is 24.0 Å². The van der Waals surface area contributed by atoms with Crippen molar-refractivity contribution in [3.8, 4) is 0 Å². The van der Waals surface area contributed by atoms with Gasteiger partial charge in [-0.3, -0.25) is 14.8 Å². The zero-order valence-corrected chi connectivity index (χ0v) is 17.9. The summed E-state index contributed by atoms with van der Waals surface area (Å²) in [6.45, 7) is 15.5. The fourth-order valence-electron chi connectivity index (χ4n) is 3.46. The van der Waals surface area contributed by atoms with Gasteiger partial charge in [-0.25, -0.2) is 0 Å². The fourth-order valence-corrected chi connectivity index (χ4v) is 3.46. The SMILES string of the molecule is CCNC(=NCC(C)N1CCOCC1)NCC1CCCN1CC.I. The number of likely N-dealkylation sites (N-methyl/N-ethyl adjacent to an activating group) is 1. The number of hydrogen-bond donors (Lipinski definition) is 2. The van der Waals surface area contributed by atoms with Gasteiger partial charge in [-0.15, -0.1) is 24.0 Å². The molecule has 0 radical (unpaired) electrons. The van der Waals surface area contributed by atoms with E-state index in [4.69, 9.17) is 9.73 Å². The summed E-state index contributed by atoms with van der Waals surface area (Å²) < 4.78 is 5.42. The smallest absolute Gasteiger partial charge is 0.191 e. The molecule has 0 amide bonds. The number of hydrogen-bond acceptors (Lipinski definition) is 4. The van der Waals surface area contributed by atoms with Crippen molar-refractivity contribution in [2.45, 2.75) is 45.7 Å². The topological polar surface area (TPSA) is 52.1 Å². The van der Waals surface area contributed by atoms with Crippen LogP contribution in [0.3, 0.4) is 0 Å². The van der Waals surface area contributed by atoms with E-state index in [9.17, 15) is 0 Å². The molecule has 0 aliphatic carbocycles. The second-order valence-electron chi connectivity index (χ2n) is 6.52. The average Bonchev–Trinajstić information content (AvgIpc) is 3.05. The first-order valence-electron chi connectivity index (χ1n) is 9.32. The molecule has 2 rings (SSSR count). The zero-order valence-electron chi connectivity index (χ0n) is 15.6. The highest BCUT2D eigenvalue weighted by atomic mass is 127. The van der Waals surface area contributed by atoms with Crippen LogP contribution in [-0.4, -0.2) is 86.9 Å². The number of nitrogens with zero attached hydrogens (tertiary/aromatic N) is 3. The van der Waals surface area contributed by atoms with Gasteiger partial charge in [0.05, 0.1) is 19.8 Å². The molecule has 2 N–H and O–H groups in total. The third-order valence-electron chi connectivity index (χ3n) is 4.94. The van der Waals surface area contributed by atoms with Crippen molar-refractivity contribution in [1.29, 1.82) is 0 Å². The maximum absolute atomic E-state index is 5.42. The molecule has 0 aromatic carbocycles. The Balaban J connectivity index is 0.00000288. The third-order valence-corrected chi connectivity index (χ3v) is 4.94. The van der Waals surface area contributed by atoms with Crippen LogP contribution in [0, 0.1) is 0 Å². The second kappa shape index (κ2) is 12.3. The van der Waals surface area contributed by atoms with E-state index in [2.05, 4.69) is 41.2 Å². The molecular formula is C17H36IN5O. The molecule has 2 fully saturated rings. The summed E-state index contributed by atoms with van der Waals surface area (Å²) in [7, 11) is 0. The van der Waals surface area contributed by atoms with Crippen molar-refractivity contribution in [1.82, 2.24) is 20.4 Å². The van der Waals surface area contributed by atoms with Crippen molar-refractivity contribution in [2.24, 2.45) is 4.99 Å². The number of nitrogens with one attached hydrogen (secondary N) is 2. The predicted molar refractivity (Wildman–Crippen MR) is 112 cm³/mol. The number of aliphatic imine (C=N–C) groups is 1. The molecule has 2 atom stereocenters. The normalized spacial score (nSPS) is 24.5. The Labute approximate surface area is 164 Å². The lowest BCUT2D eigenvalue weighted by Crippen LogP contribution is -2.46. The number of halogens is 1. The Hall–Kier alpha value is -0.120. The lowest BCUT2D eigenvalue weighted by molar-refractivity contribution is 0.0220. The highest BCUT2D eigenvalue weighted by molar-refractivity contribution is 14.0. The molecule has 0 spiro atoms. The second-order valence-corrected chi connectivity index (χ2v) is 6.52. The largest absolute Gasteiger partial charge is 0.379 e. The quantitative estimate of drug-likeness (QED) is 0.347. The number of guanidine groups is 1. The Bertz CT molecular complexity index is 363. The molecule has 24 heavy (non-hydrogen) atoms. The summed E-state index contributed by atoms with van der Waals surface area (Å²) in [5.41, 5.74) is 0. The van der Waals surface area contributed by atoms with Gasteiger partial charge in [-0.1, -0.05) is 6.92 Å². The summed E-state index contributed by atoms with van der Waals surface area (Å²) in [5.74, 6) is 0.954. The minimum Gasteiger partial charge on any atom is -0.379 e. The van der Waals surface area contributed by atoms with Gasteiger partial charge in [0.2, 0.25) is 0 Å². The van der Waals surface area contributed by atoms with E-state index in [0.29, 0.717) is 12.1 Å². The molecule has 0 bridgehead atoms. The van der Waals surface area contributed by atoms with E-state index in [1.165, 1.54) is 19.4 Å². The minimum absolute atomic E-state index is 0. The van der Waals surface area contributed by atoms with E-state index >= 15 is 0 Å². The maximum atomic E-state index is 5.42. The molecule has 2 aliphatic heterocycles. The van der Waals surface area contributed by atoms with Gasteiger partial charge >= 0.3 is 0 Å². The summed E-state index contributed by atoms with van der Waals surface area (Å²) in [4.78, 5) is 9.82. The standard InChI is InChI=1S/C17H35N5O.HI/c1-4-18-17(20-14-16-7-6-8-21(16)5-2)19-13-15(3)22-9-11-23-12-10-22;/h15-16H,4-14H2,1-3H3,(H2,18,19,20);1H. The number of ether oxygens (including phenoxy) is 1. The van der Waals surface area contributed by atoms with Crippen molar-refractivity contribution < 1.29 is 4.74 Å². The van der Waals surface area contributed by atoms with E-state index in [0.717, 1.165) is 58.4 Å². The fraction of sp³-hybridized carbons (Fsp3) is 0.941. The molecular weight excluding hydrogens is 417 g/mol. The summed E-state index contributed by atoms with van der Waals surface area (Å²) in [6.07, 6.45) is 2.62. The van der Waals surface area contributed by atoms with Crippen LogP contribution in [0.5, 0.6) is 0 Å². The average molecular weight is 453 g/mol. The van der Waals surface area contributed by atoms with Crippen molar-refractivity contribution in [3.05, 3.63) is 0 Å². The maximum Gasteiger partial charge on any atom is 0.191 e. The molecule has 2 saturated heterocycles. The summed E-state index contributed by atoms with van der Waals surface area (Å²) in [6, 6.07) is 1.12. The van der Waals surface area contributed by atoms with Gasteiger partial charge in [0.25, 0.3) is 0 Å². The summed E-state index contributed by atoms with van der Waals surface area (Å²) in [5, 5.41) is 6.91. The Morgan fingerprint density at radius 2 is 1.96 bits per heavy atom. The molecule has 0 saturated carbocycles. The van der Waals surface area contributed by atoms with Crippen molar-refractivity contribution >= 4 is 29.9 Å². The Kier molecular flexibility index (Phi) is 11.2. The van der Waals surface area contributed by atoms with Crippen LogP contribution in [0.15, 0.2) is 4.99 Å². The first-order valence-corrected chi connectivity index (χ1v) is 9.32. The van der Waals surface area contributed by atoms with Crippen molar-refractivity contribution in [2.75, 3.05) is 59.0 Å². The predicted octanol–water partition coefficient (Wildman–Crippen LogP) is 1.36. The van der Waals surface area contributed by atoms with Crippen LogP contribution in [-0.2, 0) is 4.74 Å². The van der Waals surface area contributed by atoms with Crippen LogP contribution in [0.2, 0.25) is 0 Å². The molecule has 142 valence electrons. The monoisotopic (exact) mass is 453 g/mol. The molecule has 2 unspecified atom stereocenters. The third kappa shape index (κ3) is 7.01. The zero-order chi connectivity index (χ0) is 16.5. The highest BCUT2D eigenvalue weighted by Gasteiger charge is 2.23. The van der Waals surface area contributed by atoms with E-state index < -0.39 is 0 Å². The van der Waals surface area contributed by atoms with Gasteiger partial charge < -0.3 is 15.4 Å². The van der Waals surface area contributed by atoms with E-state index in [1.54, 1.807) is 0 Å². The van der Waals surface area contributed by atoms with Gasteiger partial charge in [0, 0.05) is 38.3 Å². The van der Waals surface area contributed by atoms with E-state index in [-0.39, 0.29) is 24.0 Å². The lowest BCUT2D eigenvalue weighted by atomic mass is 10.2. The number of likely N-dealkylation sites (tertiary alicyclic amines) is 1. The van der Waals surface area contributed by atoms with Gasteiger partial charge in [0.1, 0.15) is 0 Å². The molecule has 6 nitrogen and oxygen atoms in total. The van der Waals surface area contributed by atoms with E-state index in [1.807, 2.05) is 0 Å².